The second kappa shape index (κ2) is 5.72. The van der Waals surface area contributed by atoms with Crippen molar-refractivity contribution in [1.29, 1.82) is 0 Å². The van der Waals surface area contributed by atoms with Crippen molar-refractivity contribution in [1.82, 2.24) is 14.7 Å². The lowest BCUT2D eigenvalue weighted by atomic mass is 10.3. The Labute approximate surface area is 116 Å². The summed E-state index contributed by atoms with van der Waals surface area (Å²) in [5.74, 6) is 0. The summed E-state index contributed by atoms with van der Waals surface area (Å²) in [6.45, 7) is 8.23. The Morgan fingerprint density at radius 2 is 2.24 bits per heavy atom. The molecule has 1 aromatic rings. The Hall–Kier alpha value is -0.0600. The summed E-state index contributed by atoms with van der Waals surface area (Å²) >= 11 is 9.83. The maximum Gasteiger partial charge on any atom is 0.0767 e. The van der Waals surface area contributed by atoms with E-state index >= 15 is 0 Å². The molecule has 5 heteroatoms. The van der Waals surface area contributed by atoms with E-state index in [9.17, 15) is 0 Å². The fourth-order valence-corrected chi connectivity index (χ4v) is 3.29. The SMILES string of the molecule is CCc1nn(CC)c(CN2CCC(Cl)C2)c1Br. The fourth-order valence-electron chi connectivity index (χ4n) is 2.31. The first-order valence-corrected chi connectivity index (χ1v) is 7.49. The van der Waals surface area contributed by atoms with Crippen molar-refractivity contribution in [3.63, 3.8) is 0 Å². The first-order valence-electron chi connectivity index (χ1n) is 6.26. The Bertz CT molecular complexity index is 391. The predicted octanol–water partition coefficient (Wildman–Crippen LogP) is 3.04. The van der Waals surface area contributed by atoms with E-state index in [-0.39, 0.29) is 0 Å². The predicted molar refractivity (Wildman–Crippen MR) is 74.5 cm³/mol. The van der Waals surface area contributed by atoms with Crippen LogP contribution in [0.3, 0.4) is 0 Å². The van der Waals surface area contributed by atoms with Crippen LogP contribution in [0.15, 0.2) is 4.47 Å². The molecule has 1 aliphatic rings. The molecule has 0 bridgehead atoms. The number of rotatable bonds is 4. The lowest BCUT2D eigenvalue weighted by molar-refractivity contribution is 0.318. The quantitative estimate of drug-likeness (QED) is 0.795. The third kappa shape index (κ3) is 2.85. The molecule has 1 unspecified atom stereocenters. The molecule has 0 saturated carbocycles. The summed E-state index contributed by atoms with van der Waals surface area (Å²) < 4.78 is 3.28. The molecule has 96 valence electrons. The highest BCUT2D eigenvalue weighted by molar-refractivity contribution is 9.10. The number of hydrogen-bond acceptors (Lipinski definition) is 2. The second-order valence-corrected chi connectivity index (χ2v) is 5.91. The summed E-state index contributed by atoms with van der Waals surface area (Å²) in [6.07, 6.45) is 2.07. The summed E-state index contributed by atoms with van der Waals surface area (Å²) in [5.41, 5.74) is 2.44. The largest absolute Gasteiger partial charge is 0.296 e. The van der Waals surface area contributed by atoms with Gasteiger partial charge in [0.1, 0.15) is 0 Å². The molecule has 1 saturated heterocycles. The van der Waals surface area contributed by atoms with Gasteiger partial charge >= 0.3 is 0 Å². The Balaban J connectivity index is 2.16. The minimum atomic E-state index is 0.317. The molecule has 2 rings (SSSR count). The van der Waals surface area contributed by atoms with Crippen molar-refractivity contribution in [2.75, 3.05) is 13.1 Å². The van der Waals surface area contributed by atoms with E-state index in [1.54, 1.807) is 0 Å². The average molecular weight is 321 g/mol. The van der Waals surface area contributed by atoms with Gasteiger partial charge in [-0.1, -0.05) is 6.92 Å². The van der Waals surface area contributed by atoms with E-state index in [0.29, 0.717) is 5.38 Å². The molecule has 1 fully saturated rings. The van der Waals surface area contributed by atoms with Gasteiger partial charge in [-0.15, -0.1) is 11.6 Å². The van der Waals surface area contributed by atoms with Gasteiger partial charge in [0.25, 0.3) is 0 Å². The summed E-state index contributed by atoms with van der Waals surface area (Å²) in [6, 6.07) is 0. The zero-order valence-electron chi connectivity index (χ0n) is 10.4. The van der Waals surface area contributed by atoms with Crippen molar-refractivity contribution >= 4 is 27.5 Å². The molecule has 0 spiro atoms. The van der Waals surface area contributed by atoms with Gasteiger partial charge in [-0.05, 0) is 35.7 Å². The molecule has 2 heterocycles. The number of aromatic nitrogens is 2. The number of alkyl halides is 1. The maximum atomic E-state index is 6.14. The van der Waals surface area contributed by atoms with Gasteiger partial charge in [-0.25, -0.2) is 0 Å². The van der Waals surface area contributed by atoms with Crippen LogP contribution in [0.2, 0.25) is 0 Å². The van der Waals surface area contributed by atoms with Gasteiger partial charge in [0.15, 0.2) is 0 Å². The molecule has 17 heavy (non-hydrogen) atoms. The lowest BCUT2D eigenvalue weighted by Gasteiger charge is -2.16. The maximum absolute atomic E-state index is 6.14. The number of nitrogens with zero attached hydrogens (tertiary/aromatic N) is 3. The number of likely N-dealkylation sites (tertiary alicyclic amines) is 1. The van der Waals surface area contributed by atoms with Gasteiger partial charge in [-0.2, -0.15) is 5.10 Å². The van der Waals surface area contributed by atoms with Gasteiger partial charge < -0.3 is 0 Å². The van der Waals surface area contributed by atoms with Crippen LogP contribution in [0.4, 0.5) is 0 Å². The van der Waals surface area contributed by atoms with Crippen molar-refractivity contribution in [2.24, 2.45) is 0 Å². The van der Waals surface area contributed by atoms with Gasteiger partial charge in [0, 0.05) is 31.6 Å². The summed E-state index contributed by atoms with van der Waals surface area (Å²) in [5, 5.41) is 4.93. The molecule has 1 atom stereocenters. The molecule has 0 N–H and O–H groups in total. The Kier molecular flexibility index (Phi) is 4.50. The highest BCUT2D eigenvalue weighted by Gasteiger charge is 2.23. The zero-order chi connectivity index (χ0) is 12.4. The number of halogens is 2. The first-order chi connectivity index (χ1) is 8.15. The van der Waals surface area contributed by atoms with Crippen LogP contribution in [0.25, 0.3) is 0 Å². The van der Waals surface area contributed by atoms with Crippen LogP contribution in [-0.4, -0.2) is 33.1 Å². The van der Waals surface area contributed by atoms with E-state index in [1.807, 2.05) is 0 Å². The van der Waals surface area contributed by atoms with Crippen LogP contribution in [0.1, 0.15) is 31.7 Å². The minimum Gasteiger partial charge on any atom is -0.296 e. The molecular formula is C12H19BrClN3. The second-order valence-electron chi connectivity index (χ2n) is 4.50. The summed E-state index contributed by atoms with van der Waals surface area (Å²) in [7, 11) is 0. The molecule has 1 aromatic heterocycles. The van der Waals surface area contributed by atoms with E-state index in [4.69, 9.17) is 11.6 Å². The van der Waals surface area contributed by atoms with Crippen molar-refractivity contribution in [2.45, 2.75) is 45.2 Å². The first kappa shape index (κ1) is 13.4. The molecule has 3 nitrogen and oxygen atoms in total. The van der Waals surface area contributed by atoms with Gasteiger partial charge in [0.2, 0.25) is 0 Å². The summed E-state index contributed by atoms with van der Waals surface area (Å²) in [4.78, 5) is 2.41. The molecule has 0 amide bonds. The van der Waals surface area contributed by atoms with E-state index in [2.05, 4.69) is 44.5 Å². The Morgan fingerprint density at radius 1 is 1.47 bits per heavy atom. The van der Waals surface area contributed by atoms with Gasteiger partial charge in [-0.3, -0.25) is 9.58 Å². The van der Waals surface area contributed by atoms with E-state index < -0.39 is 0 Å². The van der Waals surface area contributed by atoms with Crippen molar-refractivity contribution in [3.8, 4) is 0 Å². The minimum absolute atomic E-state index is 0.317. The standard InChI is InChI=1S/C12H19BrClN3/c1-3-10-12(13)11(17(4-2)15-10)8-16-6-5-9(14)7-16/h9H,3-8H2,1-2H3. The number of hydrogen-bond donors (Lipinski definition) is 0. The number of aryl methyl sites for hydroxylation is 2. The monoisotopic (exact) mass is 319 g/mol. The average Bonchev–Trinajstić information content (AvgIpc) is 2.85. The van der Waals surface area contributed by atoms with E-state index in [0.717, 1.165) is 44.7 Å². The zero-order valence-corrected chi connectivity index (χ0v) is 12.8. The van der Waals surface area contributed by atoms with Crippen LogP contribution in [0, 0.1) is 0 Å². The molecule has 0 aromatic carbocycles. The smallest absolute Gasteiger partial charge is 0.0767 e. The third-order valence-electron chi connectivity index (χ3n) is 3.28. The fraction of sp³-hybridized carbons (Fsp3) is 0.750. The topological polar surface area (TPSA) is 21.1 Å². The van der Waals surface area contributed by atoms with Crippen LogP contribution < -0.4 is 0 Å². The normalized spacial score (nSPS) is 21.3. The van der Waals surface area contributed by atoms with Crippen molar-refractivity contribution < 1.29 is 0 Å². The highest BCUT2D eigenvalue weighted by atomic mass is 79.9. The molecule has 0 radical (unpaired) electrons. The third-order valence-corrected chi connectivity index (χ3v) is 4.55. The molecular weight excluding hydrogens is 302 g/mol. The van der Waals surface area contributed by atoms with Crippen LogP contribution >= 0.6 is 27.5 Å². The lowest BCUT2D eigenvalue weighted by Crippen LogP contribution is -2.22. The highest BCUT2D eigenvalue weighted by Crippen LogP contribution is 2.25. The van der Waals surface area contributed by atoms with Crippen molar-refractivity contribution in [3.05, 3.63) is 15.9 Å². The van der Waals surface area contributed by atoms with Crippen LogP contribution in [-0.2, 0) is 19.5 Å². The molecule has 1 aliphatic heterocycles. The van der Waals surface area contributed by atoms with E-state index in [1.165, 1.54) is 10.2 Å². The Morgan fingerprint density at radius 3 is 2.76 bits per heavy atom. The molecule has 0 aliphatic carbocycles. The van der Waals surface area contributed by atoms with Gasteiger partial charge in [0.05, 0.1) is 15.9 Å². The van der Waals surface area contributed by atoms with Crippen LogP contribution in [0.5, 0.6) is 0 Å².